The van der Waals surface area contributed by atoms with E-state index in [0.29, 0.717) is 0 Å². The van der Waals surface area contributed by atoms with Crippen LogP contribution in [0.2, 0.25) is 0 Å². The van der Waals surface area contributed by atoms with Crippen molar-refractivity contribution >= 4 is 18.0 Å². The zero-order chi connectivity index (χ0) is 16.0. The summed E-state index contributed by atoms with van der Waals surface area (Å²) in [5.74, 6) is -2.58. The summed E-state index contributed by atoms with van der Waals surface area (Å²) in [6, 6.07) is 5.82. The summed E-state index contributed by atoms with van der Waals surface area (Å²) in [7, 11) is 1.53. The molecular weight excluding hydrogens is 275 g/mol. The van der Waals surface area contributed by atoms with E-state index in [4.69, 9.17) is 10.4 Å². The zero-order valence-corrected chi connectivity index (χ0v) is 11.7. The molecule has 6 heteroatoms. The van der Waals surface area contributed by atoms with Crippen LogP contribution in [0.15, 0.2) is 24.3 Å². The van der Waals surface area contributed by atoms with E-state index in [1.807, 2.05) is 6.07 Å². The van der Waals surface area contributed by atoms with Crippen LogP contribution < -0.4 is 0 Å². The molecule has 0 fully saturated rings. The topological polar surface area (TPSA) is 81.4 Å². The number of hydrogen-bond acceptors (Lipinski definition) is 3. The van der Waals surface area contributed by atoms with Gasteiger partial charge in [-0.25, -0.2) is 9.18 Å². The highest BCUT2D eigenvalue weighted by Crippen LogP contribution is 2.14. The van der Waals surface area contributed by atoms with Crippen molar-refractivity contribution in [3.8, 4) is 6.07 Å². The molecule has 1 rings (SSSR count). The van der Waals surface area contributed by atoms with Crippen LogP contribution in [0.4, 0.5) is 4.39 Å². The Bertz CT molecular complexity index is 620. The lowest BCUT2D eigenvalue weighted by Crippen LogP contribution is -2.30. The van der Waals surface area contributed by atoms with Crippen molar-refractivity contribution in [1.29, 1.82) is 5.26 Å². The van der Waals surface area contributed by atoms with Gasteiger partial charge in [0.15, 0.2) is 0 Å². The maximum Gasteiger partial charge on any atom is 0.328 e. The van der Waals surface area contributed by atoms with Crippen molar-refractivity contribution in [2.45, 2.75) is 6.92 Å². The third-order valence-corrected chi connectivity index (χ3v) is 2.77. The molecule has 0 saturated carbocycles. The third kappa shape index (κ3) is 4.73. The smallest absolute Gasteiger partial charge is 0.328 e. The number of amides is 1. The molecule has 0 aromatic heterocycles. The Morgan fingerprint density at radius 1 is 1.52 bits per heavy atom. The van der Waals surface area contributed by atoms with Crippen molar-refractivity contribution in [3.05, 3.63) is 41.2 Å². The average Bonchev–Trinajstić information content (AvgIpc) is 2.44. The van der Waals surface area contributed by atoms with Crippen LogP contribution >= 0.6 is 0 Å². The molecular formula is C15H15FN2O3. The predicted molar refractivity (Wildman–Crippen MR) is 74.8 cm³/mol. The fourth-order valence-corrected chi connectivity index (χ4v) is 1.71. The number of aliphatic carboxylic acids is 1. The van der Waals surface area contributed by atoms with Crippen LogP contribution in [-0.4, -0.2) is 35.5 Å². The minimum atomic E-state index is -1.18. The first-order valence-electron chi connectivity index (χ1n) is 6.20. The zero-order valence-electron chi connectivity index (χ0n) is 11.7. The molecule has 0 spiro atoms. The lowest BCUT2D eigenvalue weighted by Gasteiger charge is -2.18. The van der Waals surface area contributed by atoms with E-state index < -0.39 is 17.7 Å². The first-order valence-corrected chi connectivity index (χ1v) is 6.20. The number of benzene rings is 1. The summed E-state index contributed by atoms with van der Waals surface area (Å²) in [5.41, 5.74) is 0.231. The molecule has 1 amide bonds. The molecule has 0 saturated heterocycles. The molecule has 0 aliphatic rings. The summed E-state index contributed by atoms with van der Waals surface area (Å²) in [4.78, 5) is 23.8. The van der Waals surface area contributed by atoms with Crippen LogP contribution in [0.1, 0.15) is 22.8 Å². The van der Waals surface area contributed by atoms with E-state index in [9.17, 15) is 14.0 Å². The summed E-state index contributed by atoms with van der Waals surface area (Å²) in [6.07, 6.45) is 1.94. The lowest BCUT2D eigenvalue weighted by molar-refractivity contribution is -0.131. The van der Waals surface area contributed by atoms with E-state index in [1.165, 1.54) is 24.1 Å². The van der Waals surface area contributed by atoms with Gasteiger partial charge in [-0.15, -0.1) is 0 Å². The minimum absolute atomic E-state index is 0.0852. The highest BCUT2D eigenvalue weighted by atomic mass is 19.1. The fraction of sp³-hybridized carbons (Fsp3) is 0.267. The molecule has 1 unspecified atom stereocenters. The quantitative estimate of drug-likeness (QED) is 0.842. The van der Waals surface area contributed by atoms with Gasteiger partial charge in [-0.3, -0.25) is 4.79 Å². The van der Waals surface area contributed by atoms with E-state index >= 15 is 0 Å². The normalized spacial score (nSPS) is 11.9. The maximum absolute atomic E-state index is 13.8. The summed E-state index contributed by atoms with van der Waals surface area (Å²) < 4.78 is 13.8. The Kier molecular flexibility index (Phi) is 5.61. The summed E-state index contributed by atoms with van der Waals surface area (Å²) >= 11 is 0. The monoisotopic (exact) mass is 290 g/mol. The third-order valence-electron chi connectivity index (χ3n) is 2.77. The highest BCUT2D eigenvalue weighted by molar-refractivity contribution is 5.94. The standard InChI is InChI=1S/C15H15FN2O3/c1-10(8-17)9-18(2)15(21)12-4-3-11(13(16)7-12)5-6-14(19)20/h3-7,10H,9H2,1-2H3,(H,19,20). The molecule has 5 nitrogen and oxygen atoms in total. The van der Waals surface area contributed by atoms with Crippen molar-refractivity contribution in [3.63, 3.8) is 0 Å². The minimum Gasteiger partial charge on any atom is -0.478 e. The van der Waals surface area contributed by atoms with Crippen molar-refractivity contribution < 1.29 is 19.1 Å². The second-order valence-electron chi connectivity index (χ2n) is 4.62. The van der Waals surface area contributed by atoms with E-state index in [-0.39, 0.29) is 23.6 Å². The average molecular weight is 290 g/mol. The first kappa shape index (κ1) is 16.4. The largest absolute Gasteiger partial charge is 0.478 e. The first-order chi connectivity index (χ1) is 9.85. The molecule has 1 aromatic carbocycles. The Morgan fingerprint density at radius 3 is 2.71 bits per heavy atom. The number of nitriles is 1. The number of halogens is 1. The highest BCUT2D eigenvalue weighted by Gasteiger charge is 2.15. The number of nitrogens with zero attached hydrogens (tertiary/aromatic N) is 2. The van der Waals surface area contributed by atoms with Gasteiger partial charge in [0.1, 0.15) is 5.82 Å². The summed E-state index contributed by atoms with van der Waals surface area (Å²) in [5, 5.41) is 17.2. The van der Waals surface area contributed by atoms with Gasteiger partial charge >= 0.3 is 5.97 Å². The van der Waals surface area contributed by atoms with Gasteiger partial charge in [-0.05, 0) is 25.1 Å². The van der Waals surface area contributed by atoms with Crippen LogP contribution in [0.3, 0.4) is 0 Å². The maximum atomic E-state index is 13.8. The van der Waals surface area contributed by atoms with Gasteiger partial charge in [0.2, 0.25) is 0 Å². The van der Waals surface area contributed by atoms with Gasteiger partial charge < -0.3 is 10.0 Å². The molecule has 0 aliphatic carbocycles. The Labute approximate surface area is 121 Å². The molecule has 1 N–H and O–H groups in total. The number of rotatable bonds is 5. The Balaban J connectivity index is 2.91. The molecule has 0 bridgehead atoms. The van der Waals surface area contributed by atoms with Crippen molar-refractivity contribution in [1.82, 2.24) is 4.90 Å². The summed E-state index contributed by atoms with van der Waals surface area (Å²) in [6.45, 7) is 1.93. The molecule has 21 heavy (non-hydrogen) atoms. The van der Waals surface area contributed by atoms with E-state index in [2.05, 4.69) is 0 Å². The number of carboxylic acid groups (broad SMARTS) is 1. The van der Waals surface area contributed by atoms with Crippen molar-refractivity contribution in [2.75, 3.05) is 13.6 Å². The van der Waals surface area contributed by atoms with Crippen LogP contribution in [0, 0.1) is 23.1 Å². The number of hydrogen-bond donors (Lipinski definition) is 1. The molecule has 0 aliphatic heterocycles. The second-order valence-corrected chi connectivity index (χ2v) is 4.62. The van der Waals surface area contributed by atoms with Gasteiger partial charge in [0, 0.05) is 30.8 Å². The SMILES string of the molecule is CC(C#N)CN(C)C(=O)c1ccc(C=CC(=O)O)c(F)c1. The van der Waals surface area contributed by atoms with E-state index in [0.717, 1.165) is 18.2 Å². The molecule has 1 atom stereocenters. The molecule has 1 aromatic rings. The Hall–Kier alpha value is -2.68. The molecule has 0 heterocycles. The van der Waals surface area contributed by atoms with Crippen LogP contribution in [0.5, 0.6) is 0 Å². The van der Waals surface area contributed by atoms with Crippen LogP contribution in [-0.2, 0) is 4.79 Å². The Morgan fingerprint density at radius 2 is 2.19 bits per heavy atom. The van der Waals surface area contributed by atoms with E-state index in [1.54, 1.807) is 6.92 Å². The molecule has 110 valence electrons. The number of carboxylic acids is 1. The van der Waals surface area contributed by atoms with Gasteiger partial charge in [-0.2, -0.15) is 5.26 Å². The van der Waals surface area contributed by atoms with Gasteiger partial charge in [0.05, 0.1) is 12.0 Å². The lowest BCUT2D eigenvalue weighted by atomic mass is 10.1. The predicted octanol–water partition coefficient (Wildman–Crippen LogP) is 2.16. The van der Waals surface area contributed by atoms with Gasteiger partial charge in [-0.1, -0.05) is 6.07 Å². The second kappa shape index (κ2) is 7.20. The van der Waals surface area contributed by atoms with Crippen molar-refractivity contribution in [2.24, 2.45) is 5.92 Å². The number of carbonyl (C=O) groups is 2. The molecule has 0 radical (unpaired) electrons. The van der Waals surface area contributed by atoms with Gasteiger partial charge in [0.25, 0.3) is 5.91 Å². The fourth-order valence-electron chi connectivity index (χ4n) is 1.71. The van der Waals surface area contributed by atoms with Crippen LogP contribution in [0.25, 0.3) is 6.08 Å². The number of carbonyl (C=O) groups excluding carboxylic acids is 1.